The summed E-state index contributed by atoms with van der Waals surface area (Å²) in [5.41, 5.74) is 0.862. The summed E-state index contributed by atoms with van der Waals surface area (Å²) in [6.45, 7) is 5.96. The summed E-state index contributed by atoms with van der Waals surface area (Å²) in [7, 11) is 0. The Bertz CT molecular complexity index is 877. The lowest BCUT2D eigenvalue weighted by Crippen LogP contribution is -2.55. The Balaban J connectivity index is 1.69. The van der Waals surface area contributed by atoms with Crippen molar-refractivity contribution >= 4 is 17.6 Å². The molecule has 7 heteroatoms. The number of carbonyl (C=O) groups excluding carboxylic acids is 2. The van der Waals surface area contributed by atoms with Crippen molar-refractivity contribution in [2.45, 2.75) is 45.2 Å². The van der Waals surface area contributed by atoms with E-state index in [1.165, 1.54) is 4.90 Å². The number of benzene rings is 2. The standard InChI is InChI=1S/C23H27NO6/c1-23(2,3)30-22(27)19(25)20-21(26)24(12-13-28-20)17-10-7-11-18(14-17)29-15-16-8-5-4-6-9-16/h4-11,14,19-20,25H,12-13,15H2,1-3H3. The molecule has 2 aromatic rings. The van der Waals surface area contributed by atoms with Crippen LogP contribution in [0.25, 0.3) is 0 Å². The van der Waals surface area contributed by atoms with Crippen molar-refractivity contribution in [2.24, 2.45) is 0 Å². The number of esters is 1. The predicted octanol–water partition coefficient (Wildman–Crippen LogP) is 2.70. The molecule has 3 rings (SSSR count). The second-order valence-electron chi connectivity index (χ2n) is 8.03. The number of anilines is 1. The van der Waals surface area contributed by atoms with Crippen molar-refractivity contribution in [3.05, 3.63) is 60.2 Å². The number of ether oxygens (including phenoxy) is 3. The number of morpholine rings is 1. The molecular formula is C23H27NO6. The minimum Gasteiger partial charge on any atom is -0.489 e. The van der Waals surface area contributed by atoms with Crippen molar-refractivity contribution in [1.29, 1.82) is 0 Å². The van der Waals surface area contributed by atoms with Crippen LogP contribution in [0.2, 0.25) is 0 Å². The average molecular weight is 413 g/mol. The van der Waals surface area contributed by atoms with Gasteiger partial charge in [0.2, 0.25) is 0 Å². The fourth-order valence-corrected chi connectivity index (χ4v) is 3.06. The maximum atomic E-state index is 12.9. The third-order valence-corrected chi connectivity index (χ3v) is 4.43. The van der Waals surface area contributed by atoms with Gasteiger partial charge < -0.3 is 24.2 Å². The Labute approximate surface area is 176 Å². The molecule has 1 N–H and O–H groups in total. The van der Waals surface area contributed by atoms with E-state index in [1.54, 1.807) is 39.0 Å². The fourth-order valence-electron chi connectivity index (χ4n) is 3.06. The number of hydrogen-bond acceptors (Lipinski definition) is 6. The Kier molecular flexibility index (Phi) is 6.74. The van der Waals surface area contributed by atoms with Gasteiger partial charge in [0, 0.05) is 18.3 Å². The lowest BCUT2D eigenvalue weighted by atomic mass is 10.1. The van der Waals surface area contributed by atoms with Crippen LogP contribution in [0.4, 0.5) is 5.69 Å². The first-order valence-corrected chi connectivity index (χ1v) is 9.85. The van der Waals surface area contributed by atoms with Gasteiger partial charge in [-0.3, -0.25) is 4.79 Å². The lowest BCUT2D eigenvalue weighted by Gasteiger charge is -2.34. The highest BCUT2D eigenvalue weighted by Gasteiger charge is 2.41. The summed E-state index contributed by atoms with van der Waals surface area (Å²) in [5, 5.41) is 10.3. The van der Waals surface area contributed by atoms with Gasteiger partial charge >= 0.3 is 5.97 Å². The fraction of sp³-hybridized carbons (Fsp3) is 0.391. The van der Waals surface area contributed by atoms with Crippen molar-refractivity contribution in [2.75, 3.05) is 18.1 Å². The van der Waals surface area contributed by atoms with E-state index in [0.29, 0.717) is 24.6 Å². The van der Waals surface area contributed by atoms with Crippen LogP contribution >= 0.6 is 0 Å². The number of aliphatic hydroxyl groups is 1. The Morgan fingerprint density at radius 2 is 1.93 bits per heavy atom. The summed E-state index contributed by atoms with van der Waals surface area (Å²) in [5.74, 6) is -0.776. The molecule has 30 heavy (non-hydrogen) atoms. The van der Waals surface area contributed by atoms with E-state index in [9.17, 15) is 14.7 Å². The maximum absolute atomic E-state index is 12.9. The molecule has 0 aliphatic carbocycles. The van der Waals surface area contributed by atoms with Gasteiger partial charge in [-0.1, -0.05) is 36.4 Å². The predicted molar refractivity (Wildman–Crippen MR) is 111 cm³/mol. The topological polar surface area (TPSA) is 85.3 Å². The van der Waals surface area contributed by atoms with E-state index in [2.05, 4.69) is 0 Å². The summed E-state index contributed by atoms with van der Waals surface area (Å²) < 4.78 is 16.4. The number of aliphatic hydroxyl groups excluding tert-OH is 1. The molecule has 7 nitrogen and oxygen atoms in total. The number of hydrogen-bond donors (Lipinski definition) is 1. The van der Waals surface area contributed by atoms with Crippen LogP contribution in [0.5, 0.6) is 5.75 Å². The van der Waals surface area contributed by atoms with Crippen LogP contribution < -0.4 is 9.64 Å². The molecule has 160 valence electrons. The van der Waals surface area contributed by atoms with Crippen molar-refractivity contribution < 1.29 is 28.9 Å². The van der Waals surface area contributed by atoms with Crippen molar-refractivity contribution in [3.63, 3.8) is 0 Å². The lowest BCUT2D eigenvalue weighted by molar-refractivity contribution is -0.177. The minimum absolute atomic E-state index is 0.186. The van der Waals surface area contributed by atoms with Gasteiger partial charge in [0.1, 0.15) is 18.0 Å². The molecular weight excluding hydrogens is 386 g/mol. The third-order valence-electron chi connectivity index (χ3n) is 4.43. The van der Waals surface area contributed by atoms with Crippen LogP contribution in [0.3, 0.4) is 0 Å². The van der Waals surface area contributed by atoms with Gasteiger partial charge in [-0.05, 0) is 38.5 Å². The first-order valence-electron chi connectivity index (χ1n) is 9.85. The zero-order valence-electron chi connectivity index (χ0n) is 17.4. The molecule has 0 radical (unpaired) electrons. The molecule has 0 aromatic heterocycles. The van der Waals surface area contributed by atoms with Crippen LogP contribution in [0.1, 0.15) is 26.3 Å². The zero-order valence-corrected chi connectivity index (χ0v) is 17.4. The van der Waals surface area contributed by atoms with Gasteiger partial charge in [-0.15, -0.1) is 0 Å². The molecule has 2 atom stereocenters. The summed E-state index contributed by atoms with van der Waals surface area (Å²) in [6.07, 6.45) is -3.01. The molecule has 2 aromatic carbocycles. The second-order valence-corrected chi connectivity index (χ2v) is 8.03. The minimum atomic E-state index is -1.70. The molecule has 0 spiro atoms. The molecule has 1 heterocycles. The first-order chi connectivity index (χ1) is 14.2. The second kappa shape index (κ2) is 9.28. The van der Waals surface area contributed by atoms with Crippen LogP contribution in [-0.2, 0) is 25.7 Å². The summed E-state index contributed by atoms with van der Waals surface area (Å²) in [4.78, 5) is 26.6. The van der Waals surface area contributed by atoms with E-state index in [1.807, 2.05) is 36.4 Å². The average Bonchev–Trinajstić information content (AvgIpc) is 2.72. The monoisotopic (exact) mass is 413 g/mol. The van der Waals surface area contributed by atoms with Crippen LogP contribution in [0.15, 0.2) is 54.6 Å². The molecule has 0 saturated carbocycles. The Morgan fingerprint density at radius 3 is 2.63 bits per heavy atom. The normalized spacial score (nSPS) is 18.1. The van der Waals surface area contributed by atoms with Gasteiger partial charge in [0.25, 0.3) is 5.91 Å². The Hall–Kier alpha value is -2.90. The number of rotatable bonds is 6. The molecule has 2 unspecified atom stereocenters. The molecule has 1 saturated heterocycles. The van der Waals surface area contributed by atoms with Gasteiger partial charge in [-0.25, -0.2) is 4.79 Å². The highest BCUT2D eigenvalue weighted by atomic mass is 16.6. The van der Waals surface area contributed by atoms with E-state index < -0.39 is 29.7 Å². The van der Waals surface area contributed by atoms with Crippen molar-refractivity contribution in [3.8, 4) is 5.75 Å². The number of amides is 1. The largest absolute Gasteiger partial charge is 0.489 e. The quantitative estimate of drug-likeness (QED) is 0.733. The van der Waals surface area contributed by atoms with Crippen molar-refractivity contribution in [1.82, 2.24) is 0 Å². The number of carbonyl (C=O) groups is 2. The Morgan fingerprint density at radius 1 is 1.20 bits per heavy atom. The highest BCUT2D eigenvalue weighted by molar-refractivity contribution is 6.00. The SMILES string of the molecule is CC(C)(C)OC(=O)C(O)C1OCCN(c2cccc(OCc3ccccc3)c2)C1=O. The van der Waals surface area contributed by atoms with E-state index in [4.69, 9.17) is 14.2 Å². The molecule has 1 aliphatic heterocycles. The summed E-state index contributed by atoms with van der Waals surface area (Å²) in [6, 6.07) is 16.9. The van der Waals surface area contributed by atoms with Gasteiger partial charge in [0.05, 0.1) is 6.61 Å². The highest BCUT2D eigenvalue weighted by Crippen LogP contribution is 2.26. The molecule has 1 amide bonds. The molecule has 0 bridgehead atoms. The van der Waals surface area contributed by atoms with Crippen LogP contribution in [-0.4, -0.2) is 47.9 Å². The van der Waals surface area contributed by atoms with Gasteiger partial charge in [-0.2, -0.15) is 0 Å². The third kappa shape index (κ3) is 5.58. The van der Waals surface area contributed by atoms with E-state index in [0.717, 1.165) is 5.56 Å². The van der Waals surface area contributed by atoms with E-state index in [-0.39, 0.29) is 6.61 Å². The first kappa shape index (κ1) is 21.8. The van der Waals surface area contributed by atoms with Crippen LogP contribution in [0, 0.1) is 0 Å². The van der Waals surface area contributed by atoms with Gasteiger partial charge in [0.15, 0.2) is 12.2 Å². The van der Waals surface area contributed by atoms with E-state index >= 15 is 0 Å². The molecule has 1 fully saturated rings. The number of nitrogens with zero attached hydrogens (tertiary/aromatic N) is 1. The summed E-state index contributed by atoms with van der Waals surface area (Å²) >= 11 is 0. The molecule has 1 aliphatic rings. The smallest absolute Gasteiger partial charge is 0.338 e. The zero-order chi connectivity index (χ0) is 21.7. The maximum Gasteiger partial charge on any atom is 0.338 e.